The lowest BCUT2D eigenvalue weighted by atomic mass is 10.0. The molecule has 1 aromatic carbocycles. The molecule has 0 aliphatic carbocycles. The monoisotopic (exact) mass is 340 g/mol. The summed E-state index contributed by atoms with van der Waals surface area (Å²) in [6.07, 6.45) is 0. The Morgan fingerprint density at radius 2 is 1.71 bits per heavy atom. The van der Waals surface area contributed by atoms with E-state index in [1.807, 2.05) is 6.07 Å². The van der Waals surface area contributed by atoms with Gasteiger partial charge in [0.2, 0.25) is 11.7 Å². The summed E-state index contributed by atoms with van der Waals surface area (Å²) in [4.78, 5) is 21.2. The highest BCUT2D eigenvalue weighted by Gasteiger charge is 2.22. The van der Waals surface area contributed by atoms with Gasteiger partial charge in [0.05, 0.1) is 14.2 Å². The minimum atomic E-state index is -1.65. The van der Waals surface area contributed by atoms with Gasteiger partial charge in [-0.1, -0.05) is 55.9 Å². The second-order valence-electron chi connectivity index (χ2n) is 6.14. The van der Waals surface area contributed by atoms with Crippen molar-refractivity contribution in [2.75, 3.05) is 14.2 Å². The molecule has 124 valence electrons. The number of aromatic nitrogens is 2. The van der Waals surface area contributed by atoms with Crippen LogP contribution in [0.15, 0.2) is 30.3 Å². The largest absolute Gasteiger partial charge is 0.480 e. The van der Waals surface area contributed by atoms with Crippen LogP contribution < -0.4 is 9.47 Å². The molecule has 5 nitrogen and oxygen atoms in total. The van der Waals surface area contributed by atoms with Gasteiger partial charge in [0.15, 0.2) is 0 Å². The molecule has 0 fully saturated rings. The van der Waals surface area contributed by atoms with Crippen molar-refractivity contribution >= 4 is 13.9 Å². The molecule has 0 spiro atoms. The summed E-state index contributed by atoms with van der Waals surface area (Å²) >= 11 is 0. The smallest absolute Gasteiger partial charge is 0.320 e. The van der Waals surface area contributed by atoms with Gasteiger partial charge in [-0.25, -0.2) is 0 Å². The van der Waals surface area contributed by atoms with Crippen molar-refractivity contribution in [3.63, 3.8) is 0 Å². The second-order valence-corrected chi connectivity index (χ2v) is 10.9. The van der Waals surface area contributed by atoms with Crippen molar-refractivity contribution in [2.24, 2.45) is 0 Å². The highest BCUT2D eigenvalue weighted by molar-refractivity contribution is 6.83. The summed E-state index contributed by atoms with van der Waals surface area (Å²) in [6, 6.07) is 9.00. The van der Waals surface area contributed by atoms with Crippen molar-refractivity contribution in [1.29, 1.82) is 0 Å². The van der Waals surface area contributed by atoms with E-state index in [4.69, 9.17) is 9.47 Å². The Hall–Kier alpha value is -2.65. The number of ketones is 1. The third kappa shape index (κ3) is 4.21. The molecule has 0 saturated heterocycles. The number of rotatable bonds is 4. The molecule has 0 saturated carbocycles. The molecule has 6 heteroatoms. The van der Waals surface area contributed by atoms with Crippen LogP contribution in [0.5, 0.6) is 11.9 Å². The maximum absolute atomic E-state index is 12.9. The Bertz CT molecular complexity index is 803. The Morgan fingerprint density at radius 3 is 2.25 bits per heavy atom. The minimum absolute atomic E-state index is 0.0738. The third-order valence-corrected chi connectivity index (χ3v) is 3.92. The SMILES string of the molecule is COc1nc(OC)c(C#C[Si](C)(C)C)c(C(=O)c2ccccc2)n1. The lowest BCUT2D eigenvalue weighted by Crippen LogP contribution is -2.17. The third-order valence-electron chi connectivity index (χ3n) is 3.04. The number of nitrogens with zero attached hydrogens (tertiary/aromatic N) is 2. The van der Waals surface area contributed by atoms with Crippen molar-refractivity contribution in [3.8, 4) is 23.4 Å². The van der Waals surface area contributed by atoms with Gasteiger partial charge in [-0.2, -0.15) is 9.97 Å². The maximum atomic E-state index is 12.9. The van der Waals surface area contributed by atoms with Crippen LogP contribution in [-0.4, -0.2) is 38.0 Å². The zero-order valence-corrected chi connectivity index (χ0v) is 15.5. The van der Waals surface area contributed by atoms with E-state index < -0.39 is 8.07 Å². The molecule has 0 aliphatic heterocycles. The van der Waals surface area contributed by atoms with E-state index in [9.17, 15) is 4.79 Å². The lowest BCUT2D eigenvalue weighted by Gasteiger charge is -2.10. The van der Waals surface area contributed by atoms with Gasteiger partial charge in [-0.15, -0.1) is 5.54 Å². The molecule has 0 amide bonds. The Labute approximate surface area is 143 Å². The quantitative estimate of drug-likeness (QED) is 0.486. The molecule has 24 heavy (non-hydrogen) atoms. The van der Waals surface area contributed by atoms with Gasteiger partial charge in [0.25, 0.3) is 0 Å². The zero-order valence-electron chi connectivity index (χ0n) is 14.5. The van der Waals surface area contributed by atoms with Crippen LogP contribution in [0.1, 0.15) is 21.6 Å². The normalized spacial score (nSPS) is 10.5. The van der Waals surface area contributed by atoms with Crippen molar-refractivity contribution < 1.29 is 14.3 Å². The van der Waals surface area contributed by atoms with Crippen LogP contribution in [-0.2, 0) is 0 Å². The van der Waals surface area contributed by atoms with Gasteiger partial charge in [-0.3, -0.25) is 4.79 Å². The summed E-state index contributed by atoms with van der Waals surface area (Å²) in [7, 11) is 1.28. The molecule has 0 aliphatic rings. The van der Waals surface area contributed by atoms with Crippen molar-refractivity contribution in [1.82, 2.24) is 9.97 Å². The first-order valence-electron chi connectivity index (χ1n) is 7.48. The average molecular weight is 340 g/mol. The fourth-order valence-corrected chi connectivity index (χ4v) is 2.41. The standard InChI is InChI=1S/C18H20N2O3Si/c1-22-17-14(11-12-24(3,4)5)15(19-18(20-17)23-2)16(21)13-9-7-6-8-10-13/h6-10H,1-5H3. The van der Waals surface area contributed by atoms with Crippen molar-refractivity contribution in [2.45, 2.75) is 19.6 Å². The summed E-state index contributed by atoms with van der Waals surface area (Å²) in [6.45, 7) is 6.36. The number of methoxy groups -OCH3 is 2. The first-order valence-corrected chi connectivity index (χ1v) is 11.0. The van der Waals surface area contributed by atoms with Crippen molar-refractivity contribution in [3.05, 3.63) is 47.2 Å². The predicted octanol–water partition coefficient (Wildman–Crippen LogP) is 2.95. The fraction of sp³-hybridized carbons (Fsp3) is 0.278. The van der Waals surface area contributed by atoms with E-state index in [0.29, 0.717) is 11.1 Å². The minimum Gasteiger partial charge on any atom is -0.480 e. The van der Waals surface area contributed by atoms with Crippen LogP contribution in [0.25, 0.3) is 0 Å². The topological polar surface area (TPSA) is 61.3 Å². The van der Waals surface area contributed by atoms with E-state index in [-0.39, 0.29) is 23.4 Å². The molecule has 0 bridgehead atoms. The summed E-state index contributed by atoms with van der Waals surface area (Å²) in [5.41, 5.74) is 4.35. The highest BCUT2D eigenvalue weighted by Crippen LogP contribution is 2.23. The molecule has 2 aromatic rings. The lowest BCUT2D eigenvalue weighted by molar-refractivity contribution is 0.103. The molecular formula is C18H20N2O3Si. The Balaban J connectivity index is 2.67. The van der Waals surface area contributed by atoms with Crippen LogP contribution in [0.3, 0.4) is 0 Å². The van der Waals surface area contributed by atoms with E-state index in [1.165, 1.54) is 14.2 Å². The summed E-state index contributed by atoms with van der Waals surface area (Å²) in [5.74, 6) is 3.06. The zero-order chi connectivity index (χ0) is 17.7. The van der Waals surface area contributed by atoms with Gasteiger partial charge in [0, 0.05) is 5.56 Å². The molecule has 0 radical (unpaired) electrons. The molecule has 0 atom stereocenters. The number of carbonyl (C=O) groups is 1. The molecule has 1 heterocycles. The fourth-order valence-electron chi connectivity index (χ4n) is 1.91. The molecule has 1 aromatic heterocycles. The molecule has 2 rings (SSSR count). The summed E-state index contributed by atoms with van der Waals surface area (Å²) in [5, 5.41) is 0. The second kappa shape index (κ2) is 7.28. The van der Waals surface area contributed by atoms with Gasteiger partial charge >= 0.3 is 6.01 Å². The first kappa shape index (κ1) is 17.7. The first-order chi connectivity index (χ1) is 11.4. The molecule has 0 unspecified atom stereocenters. The van der Waals surface area contributed by atoms with Gasteiger partial charge in [0.1, 0.15) is 19.3 Å². The summed E-state index contributed by atoms with van der Waals surface area (Å²) < 4.78 is 10.4. The molecule has 0 N–H and O–H groups in total. The Kier molecular flexibility index (Phi) is 5.37. The van der Waals surface area contributed by atoms with E-state index >= 15 is 0 Å². The average Bonchev–Trinajstić information content (AvgIpc) is 2.58. The number of benzene rings is 1. The van der Waals surface area contributed by atoms with Gasteiger partial charge < -0.3 is 9.47 Å². The van der Waals surface area contributed by atoms with E-state index in [0.717, 1.165) is 0 Å². The van der Waals surface area contributed by atoms with Crippen LogP contribution in [0.2, 0.25) is 19.6 Å². The number of hydrogen-bond donors (Lipinski definition) is 0. The van der Waals surface area contributed by atoms with Crippen LogP contribution >= 0.6 is 0 Å². The van der Waals surface area contributed by atoms with Crippen LogP contribution in [0.4, 0.5) is 0 Å². The molecular weight excluding hydrogens is 320 g/mol. The predicted molar refractivity (Wildman–Crippen MR) is 95.2 cm³/mol. The maximum Gasteiger partial charge on any atom is 0.320 e. The number of carbonyl (C=O) groups excluding carboxylic acids is 1. The number of ether oxygens (including phenoxy) is 2. The van der Waals surface area contributed by atoms with Gasteiger partial charge in [-0.05, 0) is 0 Å². The highest BCUT2D eigenvalue weighted by atomic mass is 28.3. The Morgan fingerprint density at radius 1 is 1.04 bits per heavy atom. The number of hydrogen-bond acceptors (Lipinski definition) is 5. The van der Waals surface area contributed by atoms with E-state index in [1.54, 1.807) is 24.3 Å². The van der Waals surface area contributed by atoms with Crippen LogP contribution in [0, 0.1) is 11.5 Å². The van der Waals surface area contributed by atoms with E-state index in [2.05, 4.69) is 41.1 Å².